The fourth-order valence-electron chi connectivity index (χ4n) is 3.10. The second-order valence-electron chi connectivity index (χ2n) is 6.28. The lowest BCUT2D eigenvalue weighted by atomic mass is 9.85. The van der Waals surface area contributed by atoms with Gasteiger partial charge in [-0.2, -0.15) is 0 Å². The van der Waals surface area contributed by atoms with Crippen LogP contribution in [0.25, 0.3) is 0 Å². The van der Waals surface area contributed by atoms with Gasteiger partial charge in [0.25, 0.3) is 0 Å². The Morgan fingerprint density at radius 3 is 2.79 bits per heavy atom. The molecule has 0 aromatic heterocycles. The molecule has 0 heterocycles. The highest BCUT2D eigenvalue weighted by Crippen LogP contribution is 2.28. The van der Waals surface area contributed by atoms with Crippen molar-refractivity contribution < 1.29 is 4.74 Å². The summed E-state index contributed by atoms with van der Waals surface area (Å²) in [6.07, 6.45) is 12.6. The number of ether oxygens (including phenoxy) is 1. The second kappa shape index (κ2) is 10.7. The zero-order chi connectivity index (χ0) is 13.9. The molecule has 3 unspecified atom stereocenters. The molecular formula is C17H35NO. The molecule has 0 amide bonds. The molecule has 0 aliphatic heterocycles. The summed E-state index contributed by atoms with van der Waals surface area (Å²) in [6.45, 7) is 8.77. The van der Waals surface area contributed by atoms with E-state index in [2.05, 4.69) is 26.1 Å². The molecule has 1 fully saturated rings. The number of hydrogen-bond donors (Lipinski definition) is 1. The van der Waals surface area contributed by atoms with E-state index in [-0.39, 0.29) is 0 Å². The highest BCUT2D eigenvalue weighted by molar-refractivity contribution is 4.72. The summed E-state index contributed by atoms with van der Waals surface area (Å²) in [4.78, 5) is 0. The molecule has 0 spiro atoms. The number of nitrogens with one attached hydrogen (secondary N) is 1. The van der Waals surface area contributed by atoms with Crippen molar-refractivity contribution in [2.45, 2.75) is 90.7 Å². The van der Waals surface area contributed by atoms with Crippen LogP contribution in [-0.2, 0) is 4.74 Å². The van der Waals surface area contributed by atoms with Crippen LogP contribution in [0.2, 0.25) is 0 Å². The Morgan fingerprint density at radius 2 is 2.05 bits per heavy atom. The predicted molar refractivity (Wildman–Crippen MR) is 83.6 cm³/mol. The van der Waals surface area contributed by atoms with E-state index < -0.39 is 0 Å². The summed E-state index contributed by atoms with van der Waals surface area (Å²) < 4.78 is 6.03. The van der Waals surface area contributed by atoms with Gasteiger partial charge in [-0.25, -0.2) is 0 Å². The molecule has 0 aromatic rings. The Morgan fingerprint density at radius 1 is 1.21 bits per heavy atom. The van der Waals surface area contributed by atoms with Crippen LogP contribution in [0.15, 0.2) is 0 Å². The van der Waals surface area contributed by atoms with E-state index in [1.54, 1.807) is 0 Å². The molecule has 2 heteroatoms. The third-order valence-electron chi connectivity index (χ3n) is 4.50. The molecule has 1 saturated carbocycles. The van der Waals surface area contributed by atoms with Crippen LogP contribution in [0.5, 0.6) is 0 Å². The monoisotopic (exact) mass is 269 g/mol. The maximum absolute atomic E-state index is 6.03. The summed E-state index contributed by atoms with van der Waals surface area (Å²) in [7, 11) is 0. The number of rotatable bonds is 10. The lowest BCUT2D eigenvalue weighted by Crippen LogP contribution is -2.31. The van der Waals surface area contributed by atoms with Gasteiger partial charge in [0.15, 0.2) is 0 Å². The number of hydrogen-bond acceptors (Lipinski definition) is 2. The van der Waals surface area contributed by atoms with Gasteiger partial charge in [-0.05, 0) is 32.1 Å². The van der Waals surface area contributed by atoms with E-state index >= 15 is 0 Å². The van der Waals surface area contributed by atoms with Gasteiger partial charge in [-0.3, -0.25) is 0 Å². The van der Waals surface area contributed by atoms with E-state index in [4.69, 9.17) is 4.74 Å². The quantitative estimate of drug-likeness (QED) is 0.588. The van der Waals surface area contributed by atoms with Crippen molar-refractivity contribution in [1.29, 1.82) is 0 Å². The molecule has 0 aromatic carbocycles. The normalized spacial score (nSPS) is 25.4. The Kier molecular flexibility index (Phi) is 9.54. The van der Waals surface area contributed by atoms with Crippen molar-refractivity contribution in [3.8, 4) is 0 Å². The average molecular weight is 269 g/mol. The van der Waals surface area contributed by atoms with Crippen LogP contribution >= 0.6 is 0 Å². The van der Waals surface area contributed by atoms with E-state index in [1.807, 2.05) is 0 Å². The summed E-state index contributed by atoms with van der Waals surface area (Å²) in [6, 6.07) is 0.643. The lowest BCUT2D eigenvalue weighted by Gasteiger charge is -2.28. The predicted octanol–water partition coefficient (Wildman–Crippen LogP) is 4.53. The standard InChI is InChI=1S/C17H35NO/c1-4-6-7-9-15(3)18-12-13-19-17-11-8-10-16(5-2)14-17/h15-18H,4-14H2,1-3H3. The lowest BCUT2D eigenvalue weighted by molar-refractivity contribution is 0.0135. The van der Waals surface area contributed by atoms with Crippen LogP contribution in [0.1, 0.15) is 78.6 Å². The third kappa shape index (κ3) is 7.94. The minimum absolute atomic E-state index is 0.538. The van der Waals surface area contributed by atoms with Crippen molar-refractivity contribution in [2.75, 3.05) is 13.2 Å². The van der Waals surface area contributed by atoms with Gasteiger partial charge < -0.3 is 10.1 Å². The molecule has 0 saturated heterocycles. The molecule has 1 aliphatic rings. The summed E-state index contributed by atoms with van der Waals surface area (Å²) >= 11 is 0. The second-order valence-corrected chi connectivity index (χ2v) is 6.28. The molecule has 3 atom stereocenters. The minimum Gasteiger partial charge on any atom is -0.377 e. The Bertz CT molecular complexity index is 207. The molecular weight excluding hydrogens is 234 g/mol. The molecule has 1 aliphatic carbocycles. The average Bonchev–Trinajstić information content (AvgIpc) is 2.44. The van der Waals surface area contributed by atoms with Crippen LogP contribution < -0.4 is 5.32 Å². The third-order valence-corrected chi connectivity index (χ3v) is 4.50. The van der Waals surface area contributed by atoms with E-state index in [0.717, 1.165) is 19.1 Å². The molecule has 114 valence electrons. The van der Waals surface area contributed by atoms with Gasteiger partial charge in [-0.15, -0.1) is 0 Å². The van der Waals surface area contributed by atoms with Crippen LogP contribution in [0.4, 0.5) is 0 Å². The van der Waals surface area contributed by atoms with Crippen molar-refractivity contribution in [1.82, 2.24) is 5.32 Å². The molecule has 1 rings (SSSR count). The molecule has 2 nitrogen and oxygen atoms in total. The Balaban J connectivity index is 1.97. The first-order chi connectivity index (χ1) is 9.26. The smallest absolute Gasteiger partial charge is 0.0594 e. The topological polar surface area (TPSA) is 21.3 Å². The fourth-order valence-corrected chi connectivity index (χ4v) is 3.10. The zero-order valence-corrected chi connectivity index (χ0v) is 13.4. The molecule has 0 bridgehead atoms. The zero-order valence-electron chi connectivity index (χ0n) is 13.4. The minimum atomic E-state index is 0.538. The van der Waals surface area contributed by atoms with Crippen LogP contribution in [-0.4, -0.2) is 25.3 Å². The van der Waals surface area contributed by atoms with Gasteiger partial charge in [0.1, 0.15) is 0 Å². The SMILES string of the molecule is CCCCCC(C)NCCOC1CCCC(CC)C1. The maximum Gasteiger partial charge on any atom is 0.0594 e. The van der Waals surface area contributed by atoms with Gasteiger partial charge >= 0.3 is 0 Å². The summed E-state index contributed by atoms with van der Waals surface area (Å²) in [5, 5.41) is 3.58. The number of unbranched alkanes of at least 4 members (excludes halogenated alkanes) is 2. The highest BCUT2D eigenvalue weighted by Gasteiger charge is 2.20. The van der Waals surface area contributed by atoms with Gasteiger partial charge in [0, 0.05) is 12.6 Å². The van der Waals surface area contributed by atoms with Crippen molar-refractivity contribution in [2.24, 2.45) is 5.92 Å². The maximum atomic E-state index is 6.03. The summed E-state index contributed by atoms with van der Waals surface area (Å²) in [5.41, 5.74) is 0. The molecule has 1 N–H and O–H groups in total. The first kappa shape index (κ1) is 17.0. The van der Waals surface area contributed by atoms with E-state index in [9.17, 15) is 0 Å². The Labute approximate surface area is 120 Å². The summed E-state index contributed by atoms with van der Waals surface area (Å²) in [5.74, 6) is 0.916. The van der Waals surface area contributed by atoms with Crippen LogP contribution in [0, 0.1) is 5.92 Å². The molecule has 19 heavy (non-hydrogen) atoms. The van der Waals surface area contributed by atoms with Crippen molar-refractivity contribution in [3.63, 3.8) is 0 Å². The first-order valence-electron chi connectivity index (χ1n) is 8.61. The fraction of sp³-hybridized carbons (Fsp3) is 1.00. The molecule has 0 radical (unpaired) electrons. The highest BCUT2D eigenvalue weighted by atomic mass is 16.5. The first-order valence-corrected chi connectivity index (χ1v) is 8.61. The van der Waals surface area contributed by atoms with Gasteiger partial charge in [-0.1, -0.05) is 52.4 Å². The van der Waals surface area contributed by atoms with Crippen molar-refractivity contribution in [3.05, 3.63) is 0 Å². The Hall–Kier alpha value is -0.0800. The largest absolute Gasteiger partial charge is 0.377 e. The van der Waals surface area contributed by atoms with E-state index in [1.165, 1.54) is 57.8 Å². The van der Waals surface area contributed by atoms with E-state index in [0.29, 0.717) is 12.1 Å². The van der Waals surface area contributed by atoms with Crippen molar-refractivity contribution >= 4 is 0 Å². The van der Waals surface area contributed by atoms with Gasteiger partial charge in [0.2, 0.25) is 0 Å². The van der Waals surface area contributed by atoms with Gasteiger partial charge in [0.05, 0.1) is 12.7 Å². The van der Waals surface area contributed by atoms with Crippen LogP contribution in [0.3, 0.4) is 0 Å².